The molecule has 0 aliphatic heterocycles. The standard InChI is InChI=1S/C14H9BrF3NO2/c15-9-5-11(17)12(19)4-8(9)14(20)21-6-7-2-1-3-10(16)13(7)18/h1-5H,6,19H2. The minimum atomic E-state index is -1.08. The molecule has 0 aromatic heterocycles. The van der Waals surface area contributed by atoms with Gasteiger partial charge in [-0.2, -0.15) is 0 Å². The molecule has 2 aromatic rings. The van der Waals surface area contributed by atoms with Gasteiger partial charge in [-0.3, -0.25) is 0 Å². The van der Waals surface area contributed by atoms with Crippen molar-refractivity contribution >= 4 is 27.6 Å². The summed E-state index contributed by atoms with van der Waals surface area (Å²) in [5, 5.41) is 0. The van der Waals surface area contributed by atoms with Crippen LogP contribution in [0.5, 0.6) is 0 Å². The van der Waals surface area contributed by atoms with Gasteiger partial charge in [0.15, 0.2) is 11.6 Å². The van der Waals surface area contributed by atoms with E-state index in [0.717, 1.165) is 18.2 Å². The van der Waals surface area contributed by atoms with E-state index in [0.29, 0.717) is 0 Å². The number of anilines is 1. The van der Waals surface area contributed by atoms with Crippen molar-refractivity contribution in [2.45, 2.75) is 6.61 Å². The number of ether oxygens (including phenoxy) is 1. The Bertz CT molecular complexity index is 707. The second-order valence-electron chi connectivity index (χ2n) is 4.14. The topological polar surface area (TPSA) is 52.3 Å². The van der Waals surface area contributed by atoms with Gasteiger partial charge in [0, 0.05) is 10.0 Å². The Hall–Kier alpha value is -2.02. The van der Waals surface area contributed by atoms with E-state index in [4.69, 9.17) is 10.5 Å². The van der Waals surface area contributed by atoms with E-state index in [-0.39, 0.29) is 21.3 Å². The van der Waals surface area contributed by atoms with Gasteiger partial charge in [-0.05, 0) is 34.1 Å². The molecule has 110 valence electrons. The first-order valence-electron chi connectivity index (χ1n) is 5.74. The van der Waals surface area contributed by atoms with Crippen molar-refractivity contribution in [3.8, 4) is 0 Å². The van der Waals surface area contributed by atoms with Crippen molar-refractivity contribution in [1.29, 1.82) is 0 Å². The summed E-state index contributed by atoms with van der Waals surface area (Å²) in [4.78, 5) is 11.9. The predicted octanol–water partition coefficient (Wildman–Crippen LogP) is 3.81. The number of nitrogen functional groups attached to an aromatic ring is 1. The van der Waals surface area contributed by atoms with Crippen molar-refractivity contribution in [2.24, 2.45) is 0 Å². The molecule has 0 amide bonds. The molecule has 2 aromatic carbocycles. The molecule has 0 atom stereocenters. The zero-order valence-corrected chi connectivity index (χ0v) is 12.1. The SMILES string of the molecule is Nc1cc(C(=O)OCc2cccc(F)c2F)c(Br)cc1F. The highest BCUT2D eigenvalue weighted by Gasteiger charge is 2.16. The first kappa shape index (κ1) is 15.4. The second-order valence-corrected chi connectivity index (χ2v) is 5.00. The van der Waals surface area contributed by atoms with Gasteiger partial charge in [-0.15, -0.1) is 0 Å². The minimum absolute atomic E-state index is 0.00860. The molecule has 3 nitrogen and oxygen atoms in total. The number of carbonyl (C=O) groups is 1. The van der Waals surface area contributed by atoms with Gasteiger partial charge in [0.25, 0.3) is 0 Å². The summed E-state index contributed by atoms with van der Waals surface area (Å²) in [6.07, 6.45) is 0. The molecule has 0 spiro atoms. The fourth-order valence-corrected chi connectivity index (χ4v) is 2.08. The zero-order valence-electron chi connectivity index (χ0n) is 10.5. The van der Waals surface area contributed by atoms with Gasteiger partial charge < -0.3 is 10.5 Å². The van der Waals surface area contributed by atoms with Crippen LogP contribution in [0.2, 0.25) is 0 Å². The summed E-state index contributed by atoms with van der Waals surface area (Å²) in [6.45, 7) is -0.452. The van der Waals surface area contributed by atoms with Crippen LogP contribution in [0.15, 0.2) is 34.8 Å². The number of hydrogen-bond acceptors (Lipinski definition) is 3. The summed E-state index contributed by atoms with van der Waals surface area (Å²) in [5.41, 5.74) is 5.03. The fraction of sp³-hybridized carbons (Fsp3) is 0.0714. The number of carbonyl (C=O) groups excluding carboxylic acids is 1. The molecule has 0 aliphatic rings. The first-order valence-corrected chi connectivity index (χ1v) is 6.54. The van der Waals surface area contributed by atoms with Crippen LogP contribution in [-0.4, -0.2) is 5.97 Å². The summed E-state index contributed by atoms with van der Waals surface area (Å²) in [5.74, 6) is -3.63. The molecule has 21 heavy (non-hydrogen) atoms. The fourth-order valence-electron chi connectivity index (χ4n) is 1.60. The molecule has 0 fully saturated rings. The number of nitrogens with two attached hydrogens (primary N) is 1. The number of esters is 1. The van der Waals surface area contributed by atoms with E-state index in [1.54, 1.807) is 0 Å². The second kappa shape index (κ2) is 6.17. The van der Waals surface area contributed by atoms with Crippen LogP contribution >= 0.6 is 15.9 Å². The predicted molar refractivity (Wildman–Crippen MR) is 74.0 cm³/mol. The minimum Gasteiger partial charge on any atom is -0.457 e. The van der Waals surface area contributed by atoms with E-state index < -0.39 is 30.0 Å². The maximum Gasteiger partial charge on any atom is 0.339 e. The lowest BCUT2D eigenvalue weighted by Crippen LogP contribution is -2.09. The van der Waals surface area contributed by atoms with Crippen LogP contribution < -0.4 is 5.73 Å². The molecule has 0 unspecified atom stereocenters. The Kier molecular flexibility index (Phi) is 4.52. The van der Waals surface area contributed by atoms with E-state index in [2.05, 4.69) is 15.9 Å². The van der Waals surface area contributed by atoms with Crippen LogP contribution in [0, 0.1) is 17.5 Å². The third-order valence-electron chi connectivity index (χ3n) is 2.70. The smallest absolute Gasteiger partial charge is 0.339 e. The Morgan fingerprint density at radius 3 is 2.62 bits per heavy atom. The molecule has 2 N–H and O–H groups in total. The molecule has 0 saturated carbocycles. The third-order valence-corrected chi connectivity index (χ3v) is 3.35. The van der Waals surface area contributed by atoms with Crippen LogP contribution in [0.25, 0.3) is 0 Å². The van der Waals surface area contributed by atoms with E-state index in [1.807, 2.05) is 0 Å². The van der Waals surface area contributed by atoms with Crippen molar-refractivity contribution in [3.63, 3.8) is 0 Å². The van der Waals surface area contributed by atoms with Gasteiger partial charge in [-0.25, -0.2) is 18.0 Å². The van der Waals surface area contributed by atoms with Gasteiger partial charge in [0.1, 0.15) is 12.4 Å². The molecule has 0 aliphatic carbocycles. The molecular formula is C14H9BrF3NO2. The van der Waals surface area contributed by atoms with Gasteiger partial charge in [0.2, 0.25) is 0 Å². The Labute approximate surface area is 126 Å². The van der Waals surface area contributed by atoms with Crippen LogP contribution in [0.1, 0.15) is 15.9 Å². The highest BCUT2D eigenvalue weighted by atomic mass is 79.9. The quantitative estimate of drug-likeness (QED) is 0.669. The van der Waals surface area contributed by atoms with Crippen LogP contribution in [0.3, 0.4) is 0 Å². The molecule has 0 radical (unpaired) electrons. The largest absolute Gasteiger partial charge is 0.457 e. The Morgan fingerprint density at radius 2 is 1.90 bits per heavy atom. The zero-order chi connectivity index (χ0) is 15.6. The molecule has 0 bridgehead atoms. The average Bonchev–Trinajstić information content (AvgIpc) is 2.44. The summed E-state index contributed by atoms with van der Waals surface area (Å²) < 4.78 is 44.6. The average molecular weight is 360 g/mol. The lowest BCUT2D eigenvalue weighted by molar-refractivity contribution is 0.0467. The third kappa shape index (κ3) is 3.36. The van der Waals surface area contributed by atoms with Gasteiger partial charge in [-0.1, -0.05) is 12.1 Å². The lowest BCUT2D eigenvalue weighted by Gasteiger charge is -2.08. The summed E-state index contributed by atoms with van der Waals surface area (Å²) in [6, 6.07) is 5.67. The Balaban J connectivity index is 2.16. The molecule has 7 heteroatoms. The van der Waals surface area contributed by atoms with Crippen molar-refractivity contribution in [3.05, 3.63) is 63.4 Å². The van der Waals surface area contributed by atoms with Gasteiger partial charge in [0.05, 0.1) is 11.3 Å². The highest BCUT2D eigenvalue weighted by molar-refractivity contribution is 9.10. The van der Waals surface area contributed by atoms with Crippen molar-refractivity contribution in [1.82, 2.24) is 0 Å². The maximum atomic E-state index is 13.4. The summed E-state index contributed by atoms with van der Waals surface area (Å²) >= 11 is 3.00. The van der Waals surface area contributed by atoms with E-state index in [1.165, 1.54) is 12.1 Å². The highest BCUT2D eigenvalue weighted by Crippen LogP contribution is 2.24. The molecule has 2 rings (SSSR count). The number of hydrogen-bond donors (Lipinski definition) is 1. The van der Waals surface area contributed by atoms with Crippen LogP contribution in [-0.2, 0) is 11.3 Å². The number of halogens is 4. The van der Waals surface area contributed by atoms with E-state index >= 15 is 0 Å². The number of benzene rings is 2. The lowest BCUT2D eigenvalue weighted by atomic mass is 10.2. The maximum absolute atomic E-state index is 13.4. The summed E-state index contributed by atoms with van der Waals surface area (Å²) in [7, 11) is 0. The Morgan fingerprint density at radius 1 is 1.19 bits per heavy atom. The normalized spacial score (nSPS) is 10.5. The molecule has 0 saturated heterocycles. The van der Waals surface area contributed by atoms with Crippen molar-refractivity contribution in [2.75, 3.05) is 5.73 Å². The number of rotatable bonds is 3. The molecule has 0 heterocycles. The monoisotopic (exact) mass is 359 g/mol. The first-order chi connectivity index (χ1) is 9.90. The van der Waals surface area contributed by atoms with E-state index in [9.17, 15) is 18.0 Å². The van der Waals surface area contributed by atoms with Crippen LogP contribution in [0.4, 0.5) is 18.9 Å². The van der Waals surface area contributed by atoms with Gasteiger partial charge >= 0.3 is 5.97 Å². The molecular weight excluding hydrogens is 351 g/mol. The van der Waals surface area contributed by atoms with Crippen molar-refractivity contribution < 1.29 is 22.7 Å².